The Morgan fingerprint density at radius 3 is 2.74 bits per heavy atom. The number of halogens is 2. The summed E-state index contributed by atoms with van der Waals surface area (Å²) in [6.07, 6.45) is 0. The molecule has 0 radical (unpaired) electrons. The van der Waals surface area contributed by atoms with Crippen LogP contribution < -0.4 is 5.73 Å². The van der Waals surface area contributed by atoms with E-state index in [0.29, 0.717) is 0 Å². The van der Waals surface area contributed by atoms with E-state index in [9.17, 15) is 14.5 Å². The first kappa shape index (κ1) is 13.2. The van der Waals surface area contributed by atoms with E-state index in [2.05, 4.69) is 9.97 Å². The third-order valence-electron chi connectivity index (χ3n) is 2.44. The fraction of sp³-hybridized carbons (Fsp3) is 0.0909. The van der Waals surface area contributed by atoms with Gasteiger partial charge < -0.3 is 5.73 Å². The molecule has 19 heavy (non-hydrogen) atoms. The Labute approximate surface area is 112 Å². The number of aromatic nitrogens is 2. The predicted octanol–water partition coefficient (Wildman–Crippen LogP) is 2.73. The van der Waals surface area contributed by atoms with Crippen molar-refractivity contribution in [2.75, 3.05) is 5.73 Å². The van der Waals surface area contributed by atoms with E-state index in [1.165, 1.54) is 13.0 Å². The highest BCUT2D eigenvalue weighted by Gasteiger charge is 2.24. The molecule has 0 bridgehead atoms. The SMILES string of the molecule is Cc1nc(N)nc(-c2cc(F)ccc2Cl)c1[N+](=O)[O-]. The van der Waals surface area contributed by atoms with Gasteiger partial charge in [0, 0.05) is 5.56 Å². The lowest BCUT2D eigenvalue weighted by Gasteiger charge is -2.07. The van der Waals surface area contributed by atoms with E-state index in [1.54, 1.807) is 0 Å². The second-order valence-electron chi connectivity index (χ2n) is 3.75. The van der Waals surface area contributed by atoms with Gasteiger partial charge in [-0.1, -0.05) is 11.6 Å². The fourth-order valence-corrected chi connectivity index (χ4v) is 1.88. The fourth-order valence-electron chi connectivity index (χ4n) is 1.67. The van der Waals surface area contributed by atoms with Gasteiger partial charge in [-0.2, -0.15) is 0 Å². The molecule has 2 N–H and O–H groups in total. The average molecular weight is 283 g/mol. The van der Waals surface area contributed by atoms with Crippen molar-refractivity contribution in [2.45, 2.75) is 6.92 Å². The number of hydrogen-bond acceptors (Lipinski definition) is 5. The molecule has 1 heterocycles. The lowest BCUT2D eigenvalue weighted by molar-refractivity contribution is -0.385. The van der Waals surface area contributed by atoms with E-state index < -0.39 is 10.7 Å². The van der Waals surface area contributed by atoms with Crippen LogP contribution in [0.1, 0.15) is 5.69 Å². The Bertz CT molecular complexity index is 678. The van der Waals surface area contributed by atoms with Crippen LogP contribution in [0.15, 0.2) is 18.2 Å². The minimum atomic E-state index is -0.647. The minimum Gasteiger partial charge on any atom is -0.368 e. The Kier molecular flexibility index (Phi) is 3.30. The zero-order valence-electron chi connectivity index (χ0n) is 9.72. The largest absolute Gasteiger partial charge is 0.368 e. The molecule has 6 nitrogen and oxygen atoms in total. The predicted molar refractivity (Wildman–Crippen MR) is 68.2 cm³/mol. The zero-order valence-corrected chi connectivity index (χ0v) is 10.5. The van der Waals surface area contributed by atoms with Gasteiger partial charge in [0.1, 0.15) is 11.5 Å². The van der Waals surface area contributed by atoms with Crippen molar-refractivity contribution in [2.24, 2.45) is 0 Å². The lowest BCUT2D eigenvalue weighted by Crippen LogP contribution is -2.05. The summed E-state index contributed by atoms with van der Waals surface area (Å²) in [4.78, 5) is 17.9. The van der Waals surface area contributed by atoms with Crippen molar-refractivity contribution in [1.29, 1.82) is 0 Å². The van der Waals surface area contributed by atoms with Crippen LogP contribution in [0, 0.1) is 22.9 Å². The van der Waals surface area contributed by atoms with Gasteiger partial charge in [-0.25, -0.2) is 14.4 Å². The van der Waals surface area contributed by atoms with Crippen molar-refractivity contribution in [3.63, 3.8) is 0 Å². The Balaban J connectivity index is 2.81. The molecule has 1 aromatic carbocycles. The summed E-state index contributed by atoms with van der Waals surface area (Å²) in [6, 6.07) is 3.51. The van der Waals surface area contributed by atoms with Crippen molar-refractivity contribution in [3.8, 4) is 11.3 Å². The van der Waals surface area contributed by atoms with E-state index in [-0.39, 0.29) is 33.6 Å². The third kappa shape index (κ3) is 2.45. The monoisotopic (exact) mass is 282 g/mol. The lowest BCUT2D eigenvalue weighted by atomic mass is 10.1. The number of hydrogen-bond donors (Lipinski definition) is 1. The summed E-state index contributed by atoms with van der Waals surface area (Å²) < 4.78 is 13.3. The minimum absolute atomic E-state index is 0.0906. The van der Waals surface area contributed by atoms with Crippen LogP contribution in [-0.4, -0.2) is 14.9 Å². The van der Waals surface area contributed by atoms with Crippen molar-refractivity contribution < 1.29 is 9.31 Å². The van der Waals surface area contributed by atoms with Gasteiger partial charge in [-0.05, 0) is 25.1 Å². The maximum atomic E-state index is 13.3. The first-order chi connectivity index (χ1) is 8.90. The highest BCUT2D eigenvalue weighted by molar-refractivity contribution is 6.33. The van der Waals surface area contributed by atoms with Gasteiger partial charge in [-0.3, -0.25) is 10.1 Å². The molecule has 2 aromatic rings. The molecule has 0 aliphatic rings. The summed E-state index contributed by atoms with van der Waals surface area (Å²) in [6.45, 7) is 1.42. The molecule has 1 aromatic heterocycles. The van der Waals surface area contributed by atoms with Crippen LogP contribution in [0.5, 0.6) is 0 Å². The van der Waals surface area contributed by atoms with Crippen molar-refractivity contribution >= 4 is 23.2 Å². The number of anilines is 1. The van der Waals surface area contributed by atoms with Crippen LogP contribution in [0.3, 0.4) is 0 Å². The molecule has 98 valence electrons. The van der Waals surface area contributed by atoms with Crippen LogP contribution >= 0.6 is 11.6 Å². The number of aryl methyl sites for hydroxylation is 1. The Hall–Kier alpha value is -2.28. The van der Waals surface area contributed by atoms with Crippen molar-refractivity contribution in [1.82, 2.24) is 9.97 Å². The van der Waals surface area contributed by atoms with Gasteiger partial charge in [0.15, 0.2) is 5.69 Å². The van der Waals surface area contributed by atoms with Gasteiger partial charge in [0.2, 0.25) is 5.95 Å². The normalized spacial score (nSPS) is 10.5. The second-order valence-corrected chi connectivity index (χ2v) is 4.15. The Morgan fingerprint density at radius 1 is 1.42 bits per heavy atom. The molecule has 0 unspecified atom stereocenters. The van der Waals surface area contributed by atoms with Gasteiger partial charge in [0.05, 0.1) is 9.95 Å². The first-order valence-corrected chi connectivity index (χ1v) is 5.52. The van der Waals surface area contributed by atoms with E-state index in [0.717, 1.165) is 12.1 Å². The van der Waals surface area contributed by atoms with Gasteiger partial charge in [0.25, 0.3) is 0 Å². The molecule has 8 heteroatoms. The smallest absolute Gasteiger partial charge is 0.316 e. The number of nitro groups is 1. The molecule has 0 spiro atoms. The zero-order chi connectivity index (χ0) is 14.2. The highest BCUT2D eigenvalue weighted by Crippen LogP contribution is 2.35. The first-order valence-electron chi connectivity index (χ1n) is 5.14. The highest BCUT2D eigenvalue weighted by atomic mass is 35.5. The van der Waals surface area contributed by atoms with Gasteiger partial charge in [-0.15, -0.1) is 0 Å². The molecule has 0 fully saturated rings. The molecule has 0 saturated carbocycles. The van der Waals surface area contributed by atoms with Gasteiger partial charge >= 0.3 is 5.69 Å². The molecule has 0 aliphatic carbocycles. The standard InChI is InChI=1S/C11H8ClFN4O2/c1-5-10(17(18)19)9(16-11(14)15-5)7-4-6(13)2-3-8(7)12/h2-4H,1H3,(H2,14,15,16). The molecule has 0 saturated heterocycles. The van der Waals surface area contributed by atoms with E-state index >= 15 is 0 Å². The van der Waals surface area contributed by atoms with Crippen LogP contribution in [-0.2, 0) is 0 Å². The molecular formula is C11H8ClFN4O2. The quantitative estimate of drug-likeness (QED) is 0.675. The van der Waals surface area contributed by atoms with Crippen LogP contribution in [0.25, 0.3) is 11.3 Å². The molecule has 0 aliphatic heterocycles. The molecular weight excluding hydrogens is 275 g/mol. The second kappa shape index (κ2) is 4.77. The summed E-state index contributed by atoms with van der Waals surface area (Å²) in [5, 5.41) is 11.2. The summed E-state index contributed by atoms with van der Waals surface area (Å²) >= 11 is 5.92. The number of nitrogens with two attached hydrogens (primary N) is 1. The van der Waals surface area contributed by atoms with E-state index in [1.807, 2.05) is 0 Å². The summed E-state index contributed by atoms with van der Waals surface area (Å²) in [7, 11) is 0. The Morgan fingerprint density at radius 2 is 2.11 bits per heavy atom. The van der Waals surface area contributed by atoms with Crippen molar-refractivity contribution in [3.05, 3.63) is 44.8 Å². The molecule has 0 amide bonds. The number of rotatable bonds is 2. The molecule has 0 atom stereocenters. The number of benzene rings is 1. The number of nitrogens with zero attached hydrogens (tertiary/aromatic N) is 3. The summed E-state index contributed by atoms with van der Waals surface area (Å²) in [5.74, 6) is -0.720. The maximum absolute atomic E-state index is 13.3. The summed E-state index contributed by atoms with van der Waals surface area (Å²) in [5.41, 5.74) is 5.22. The topological polar surface area (TPSA) is 94.9 Å². The van der Waals surface area contributed by atoms with Crippen LogP contribution in [0.4, 0.5) is 16.0 Å². The number of nitrogen functional groups attached to an aromatic ring is 1. The van der Waals surface area contributed by atoms with E-state index in [4.69, 9.17) is 17.3 Å². The van der Waals surface area contributed by atoms with Crippen LogP contribution in [0.2, 0.25) is 5.02 Å². The molecule has 2 rings (SSSR count). The maximum Gasteiger partial charge on any atom is 0.316 e. The third-order valence-corrected chi connectivity index (χ3v) is 2.77. The average Bonchev–Trinajstić information content (AvgIpc) is 2.30.